The minimum absolute atomic E-state index is 0.0581. The van der Waals surface area contributed by atoms with Crippen LogP contribution in [0.2, 0.25) is 0 Å². The Morgan fingerprint density at radius 2 is 2.00 bits per heavy atom. The molecular weight excluding hydrogens is 357 g/mol. The fraction of sp³-hybridized carbons (Fsp3) is 0.294. The van der Waals surface area contributed by atoms with Gasteiger partial charge in [0.05, 0.1) is 31.3 Å². The smallest absolute Gasteiger partial charge is 0.134 e. The first-order valence-electron chi connectivity index (χ1n) is 8.00. The number of aliphatic hydroxyl groups excluding tert-OH is 1. The van der Waals surface area contributed by atoms with Gasteiger partial charge in [-0.1, -0.05) is 18.2 Å². The van der Waals surface area contributed by atoms with Crippen LogP contribution < -0.4 is 26.5 Å². The zero-order chi connectivity index (χ0) is 18.9. The molecule has 0 aliphatic heterocycles. The molecule has 0 saturated carbocycles. The van der Waals surface area contributed by atoms with Crippen molar-refractivity contribution in [3.63, 3.8) is 0 Å². The number of nitrogens with two attached hydrogens (primary N) is 2. The second-order valence-electron chi connectivity index (χ2n) is 5.49. The fourth-order valence-corrected chi connectivity index (χ4v) is 2.95. The molecule has 7 N–H and O–H groups in total. The van der Waals surface area contributed by atoms with Gasteiger partial charge in [-0.05, 0) is 47.3 Å². The lowest BCUT2D eigenvalue weighted by Crippen LogP contribution is -2.47. The van der Waals surface area contributed by atoms with Crippen molar-refractivity contribution < 1.29 is 14.2 Å². The molecule has 1 unspecified atom stereocenters. The van der Waals surface area contributed by atoms with Crippen LogP contribution in [0.25, 0.3) is 0 Å². The Bertz CT molecular complexity index is 689. The minimum Gasteiger partial charge on any atom is -0.496 e. The highest BCUT2D eigenvalue weighted by Gasteiger charge is 2.13. The topological polar surface area (TPSA) is 109 Å². The lowest BCUT2D eigenvalue weighted by atomic mass is 10.1. The van der Waals surface area contributed by atoms with E-state index >= 15 is 0 Å². The van der Waals surface area contributed by atoms with Gasteiger partial charge in [-0.25, -0.2) is 9.82 Å². The van der Waals surface area contributed by atoms with Crippen LogP contribution >= 0.6 is 11.9 Å². The van der Waals surface area contributed by atoms with Gasteiger partial charge in [0.25, 0.3) is 0 Å². The summed E-state index contributed by atoms with van der Waals surface area (Å²) in [4.78, 5) is 0.882. The van der Waals surface area contributed by atoms with Crippen molar-refractivity contribution in [2.24, 2.45) is 11.6 Å². The summed E-state index contributed by atoms with van der Waals surface area (Å²) in [5.41, 5.74) is 10.8. The standard InChI is InChI=1S/C17H24FN5O2S/c1-25-15-10-13(4-7-16(15)26-21-8-9-24)17(19)22-23(20)11-12-2-5-14(18)6-3-12/h2-7,10,17,21-22,24H,8-9,11,19-20H2,1H3. The quantitative estimate of drug-likeness (QED) is 0.138. The highest BCUT2D eigenvalue weighted by molar-refractivity contribution is 7.97. The van der Waals surface area contributed by atoms with Crippen molar-refractivity contribution in [3.05, 3.63) is 59.4 Å². The Morgan fingerprint density at radius 3 is 2.65 bits per heavy atom. The number of rotatable bonds is 10. The number of halogens is 1. The van der Waals surface area contributed by atoms with Gasteiger partial charge >= 0.3 is 0 Å². The first-order valence-corrected chi connectivity index (χ1v) is 8.82. The summed E-state index contributed by atoms with van der Waals surface area (Å²) >= 11 is 1.37. The summed E-state index contributed by atoms with van der Waals surface area (Å²) in [7, 11) is 1.58. The van der Waals surface area contributed by atoms with Gasteiger partial charge in [-0.2, -0.15) is 5.12 Å². The van der Waals surface area contributed by atoms with E-state index < -0.39 is 6.17 Å². The molecule has 0 fully saturated rings. The van der Waals surface area contributed by atoms with E-state index in [0.29, 0.717) is 18.8 Å². The molecule has 0 aliphatic carbocycles. The van der Waals surface area contributed by atoms with Crippen molar-refractivity contribution in [2.75, 3.05) is 20.3 Å². The van der Waals surface area contributed by atoms with Gasteiger partial charge in [0.15, 0.2) is 0 Å². The van der Waals surface area contributed by atoms with Gasteiger partial charge in [-0.3, -0.25) is 10.6 Å². The number of nitrogens with one attached hydrogen (secondary N) is 2. The van der Waals surface area contributed by atoms with E-state index in [1.54, 1.807) is 19.2 Å². The molecule has 0 saturated heterocycles. The van der Waals surface area contributed by atoms with Crippen molar-refractivity contribution in [3.8, 4) is 5.75 Å². The van der Waals surface area contributed by atoms with Gasteiger partial charge < -0.3 is 15.6 Å². The molecule has 2 aromatic rings. The van der Waals surface area contributed by atoms with Crippen LogP contribution in [0.1, 0.15) is 17.3 Å². The maximum Gasteiger partial charge on any atom is 0.134 e. The second-order valence-corrected chi connectivity index (χ2v) is 6.42. The van der Waals surface area contributed by atoms with Crippen LogP contribution in [0.4, 0.5) is 4.39 Å². The van der Waals surface area contributed by atoms with Crippen LogP contribution in [0.3, 0.4) is 0 Å². The Balaban J connectivity index is 1.97. The van der Waals surface area contributed by atoms with Crippen LogP contribution in [0, 0.1) is 5.82 Å². The maximum atomic E-state index is 12.9. The number of benzene rings is 2. The predicted molar refractivity (Wildman–Crippen MR) is 100 cm³/mol. The largest absolute Gasteiger partial charge is 0.496 e. The number of ether oxygens (including phenoxy) is 1. The van der Waals surface area contributed by atoms with E-state index in [2.05, 4.69) is 10.1 Å². The summed E-state index contributed by atoms with van der Waals surface area (Å²) in [6, 6.07) is 11.7. The molecule has 26 heavy (non-hydrogen) atoms. The first kappa shape index (κ1) is 20.6. The number of hydrazine groups is 2. The summed E-state index contributed by atoms with van der Waals surface area (Å²) in [6.45, 7) is 0.898. The predicted octanol–water partition coefficient (Wildman–Crippen LogP) is 1.26. The lowest BCUT2D eigenvalue weighted by molar-refractivity contribution is 0.152. The van der Waals surface area contributed by atoms with E-state index in [1.807, 2.05) is 18.2 Å². The molecule has 0 bridgehead atoms. The molecule has 2 aromatic carbocycles. The van der Waals surface area contributed by atoms with Gasteiger partial charge in [0.1, 0.15) is 11.6 Å². The van der Waals surface area contributed by atoms with Crippen molar-refractivity contribution in [1.82, 2.24) is 15.3 Å². The normalized spacial score (nSPS) is 12.4. The average molecular weight is 381 g/mol. The fourth-order valence-electron chi connectivity index (χ4n) is 2.22. The molecule has 0 radical (unpaired) electrons. The van der Waals surface area contributed by atoms with Gasteiger partial charge in [0, 0.05) is 6.54 Å². The molecule has 142 valence electrons. The maximum absolute atomic E-state index is 12.9. The minimum atomic E-state index is -0.543. The molecule has 0 aliphatic rings. The average Bonchev–Trinajstić information content (AvgIpc) is 2.64. The summed E-state index contributed by atoms with van der Waals surface area (Å²) in [6.07, 6.45) is -0.543. The van der Waals surface area contributed by atoms with Crippen molar-refractivity contribution in [2.45, 2.75) is 17.6 Å². The lowest BCUT2D eigenvalue weighted by Gasteiger charge is -2.23. The first-order chi connectivity index (χ1) is 12.5. The molecule has 9 heteroatoms. The van der Waals surface area contributed by atoms with Gasteiger partial charge in [0.2, 0.25) is 0 Å². The third-order valence-electron chi connectivity index (χ3n) is 3.51. The Kier molecular flexibility index (Phi) is 8.26. The molecule has 1 atom stereocenters. The summed E-state index contributed by atoms with van der Waals surface area (Å²) < 4.78 is 21.4. The number of hydrogen-bond donors (Lipinski definition) is 5. The van der Waals surface area contributed by atoms with Crippen molar-refractivity contribution in [1.29, 1.82) is 0 Å². The van der Waals surface area contributed by atoms with Crippen LogP contribution in [0.15, 0.2) is 47.4 Å². The molecule has 0 heterocycles. The number of hydrogen-bond acceptors (Lipinski definition) is 8. The number of aliphatic hydroxyl groups is 1. The highest BCUT2D eigenvalue weighted by atomic mass is 32.2. The SMILES string of the molecule is COc1cc(C(N)NN(N)Cc2ccc(F)cc2)ccc1SNCCO. The Morgan fingerprint density at radius 1 is 1.27 bits per heavy atom. The Labute approximate surface area is 156 Å². The zero-order valence-corrected chi connectivity index (χ0v) is 15.3. The molecule has 0 aromatic heterocycles. The number of methoxy groups -OCH3 is 1. The van der Waals surface area contributed by atoms with Crippen LogP contribution in [0.5, 0.6) is 5.75 Å². The molecule has 7 nitrogen and oxygen atoms in total. The number of nitrogens with zero attached hydrogens (tertiary/aromatic N) is 1. The van der Waals surface area contributed by atoms with E-state index in [1.165, 1.54) is 29.2 Å². The monoisotopic (exact) mass is 381 g/mol. The van der Waals surface area contributed by atoms with E-state index in [0.717, 1.165) is 16.0 Å². The van der Waals surface area contributed by atoms with E-state index in [-0.39, 0.29) is 12.4 Å². The third kappa shape index (κ3) is 6.22. The Hall–Kier alpha value is -1.72. The molecule has 2 rings (SSSR count). The van der Waals surface area contributed by atoms with Crippen LogP contribution in [-0.2, 0) is 6.54 Å². The summed E-state index contributed by atoms with van der Waals surface area (Å²) in [5, 5.41) is 10.2. The molecule has 0 spiro atoms. The third-order valence-corrected chi connectivity index (χ3v) is 4.42. The zero-order valence-electron chi connectivity index (χ0n) is 14.5. The van der Waals surface area contributed by atoms with Gasteiger partial charge in [-0.15, -0.1) is 0 Å². The van der Waals surface area contributed by atoms with Crippen molar-refractivity contribution >= 4 is 11.9 Å². The highest BCUT2D eigenvalue weighted by Crippen LogP contribution is 2.29. The van der Waals surface area contributed by atoms with E-state index in [4.69, 9.17) is 21.4 Å². The summed E-state index contributed by atoms with van der Waals surface area (Å²) in [5.74, 6) is 6.32. The second kappa shape index (κ2) is 10.4. The van der Waals surface area contributed by atoms with Crippen LogP contribution in [-0.4, -0.2) is 30.5 Å². The molecule has 0 amide bonds. The van der Waals surface area contributed by atoms with E-state index in [9.17, 15) is 4.39 Å². The molecular formula is C17H24FN5O2S.